The molecule has 0 unspecified atom stereocenters. The summed E-state index contributed by atoms with van der Waals surface area (Å²) in [6, 6.07) is 16.6. The van der Waals surface area contributed by atoms with E-state index in [2.05, 4.69) is 16.3 Å². The minimum atomic E-state index is -0.588. The summed E-state index contributed by atoms with van der Waals surface area (Å²) in [4.78, 5) is 29.1. The van der Waals surface area contributed by atoms with Gasteiger partial charge in [-0.25, -0.2) is 4.79 Å². The van der Waals surface area contributed by atoms with Crippen molar-refractivity contribution in [2.75, 3.05) is 31.5 Å². The van der Waals surface area contributed by atoms with Gasteiger partial charge in [0.2, 0.25) is 0 Å². The average molecular weight is 421 g/mol. The predicted molar refractivity (Wildman–Crippen MR) is 119 cm³/mol. The van der Waals surface area contributed by atoms with Gasteiger partial charge in [0.15, 0.2) is 0 Å². The van der Waals surface area contributed by atoms with Gasteiger partial charge >= 0.3 is 6.09 Å². The van der Waals surface area contributed by atoms with E-state index in [1.54, 1.807) is 45.0 Å². The first-order valence-corrected chi connectivity index (χ1v) is 10.3. The van der Waals surface area contributed by atoms with Crippen LogP contribution in [0.2, 0.25) is 0 Å². The van der Waals surface area contributed by atoms with Gasteiger partial charge in [0, 0.05) is 44.0 Å². The zero-order chi connectivity index (χ0) is 22.4. The highest BCUT2D eigenvalue weighted by Gasteiger charge is 2.23. The zero-order valence-electron chi connectivity index (χ0n) is 18.2. The minimum Gasteiger partial charge on any atom is -0.444 e. The van der Waals surface area contributed by atoms with Crippen LogP contribution in [0.1, 0.15) is 42.3 Å². The number of nitrogens with one attached hydrogen (secondary N) is 1. The molecule has 31 heavy (non-hydrogen) atoms. The van der Waals surface area contributed by atoms with Crippen molar-refractivity contribution >= 4 is 17.7 Å². The van der Waals surface area contributed by atoms with Gasteiger partial charge in [-0.2, -0.15) is 5.26 Å². The van der Waals surface area contributed by atoms with Gasteiger partial charge in [-0.05, 0) is 56.7 Å². The Hall–Kier alpha value is -3.37. The molecule has 0 aliphatic carbocycles. The summed E-state index contributed by atoms with van der Waals surface area (Å²) in [5.74, 6) is -0.0501. The number of anilines is 1. The van der Waals surface area contributed by atoms with Gasteiger partial charge in [0.25, 0.3) is 5.91 Å². The molecule has 2 aromatic rings. The summed E-state index contributed by atoms with van der Waals surface area (Å²) in [6.45, 7) is 9.03. The van der Waals surface area contributed by atoms with Crippen molar-refractivity contribution in [2.24, 2.45) is 0 Å². The van der Waals surface area contributed by atoms with Crippen LogP contribution in [0, 0.1) is 11.3 Å². The lowest BCUT2D eigenvalue weighted by atomic mass is 10.1. The lowest BCUT2D eigenvalue weighted by Crippen LogP contribution is -2.48. The summed E-state index contributed by atoms with van der Waals surface area (Å²) >= 11 is 0. The third kappa shape index (κ3) is 6.56. The first-order valence-electron chi connectivity index (χ1n) is 10.3. The van der Waals surface area contributed by atoms with Gasteiger partial charge in [0.1, 0.15) is 5.60 Å². The van der Waals surface area contributed by atoms with E-state index in [9.17, 15) is 9.59 Å². The summed E-state index contributed by atoms with van der Waals surface area (Å²) in [6.07, 6.45) is -0.548. The van der Waals surface area contributed by atoms with Crippen molar-refractivity contribution in [2.45, 2.75) is 32.9 Å². The molecule has 7 heteroatoms. The van der Waals surface area contributed by atoms with Crippen molar-refractivity contribution in [1.29, 1.82) is 5.26 Å². The molecule has 0 spiro atoms. The monoisotopic (exact) mass is 420 g/mol. The van der Waals surface area contributed by atoms with E-state index in [1.807, 2.05) is 29.2 Å². The number of carbonyl (C=O) groups is 2. The minimum absolute atomic E-state index is 0.0501. The third-order valence-corrected chi connectivity index (χ3v) is 4.90. The smallest absolute Gasteiger partial charge is 0.412 e. The second-order valence-electron chi connectivity index (χ2n) is 8.58. The topological polar surface area (TPSA) is 85.7 Å². The maximum absolute atomic E-state index is 12.9. The number of piperazine rings is 1. The fraction of sp³-hybridized carbons (Fsp3) is 0.375. The van der Waals surface area contributed by atoms with E-state index < -0.39 is 11.7 Å². The first kappa shape index (κ1) is 22.3. The largest absolute Gasteiger partial charge is 0.444 e. The molecule has 0 saturated carbocycles. The van der Waals surface area contributed by atoms with Crippen LogP contribution in [-0.4, -0.2) is 53.6 Å². The highest BCUT2D eigenvalue weighted by atomic mass is 16.6. The number of ether oxygens (including phenoxy) is 1. The molecule has 0 radical (unpaired) electrons. The molecule has 2 aromatic carbocycles. The fourth-order valence-corrected chi connectivity index (χ4v) is 3.39. The Morgan fingerprint density at radius 1 is 1.06 bits per heavy atom. The van der Waals surface area contributed by atoms with Crippen LogP contribution in [0.25, 0.3) is 0 Å². The highest BCUT2D eigenvalue weighted by Crippen LogP contribution is 2.17. The Balaban J connectivity index is 1.54. The average Bonchev–Trinajstić information content (AvgIpc) is 2.73. The molecule has 3 rings (SSSR count). The van der Waals surface area contributed by atoms with Crippen LogP contribution in [0.15, 0.2) is 48.5 Å². The van der Waals surface area contributed by atoms with Crippen molar-refractivity contribution in [3.05, 3.63) is 65.2 Å². The summed E-state index contributed by atoms with van der Waals surface area (Å²) in [7, 11) is 0. The standard InChI is InChI=1S/C24H28N4O3/c1-24(2,3)31-23(30)26-21-6-4-5-20(15-21)22(29)28-13-11-27(12-14-28)17-19-9-7-18(16-25)8-10-19/h4-10,15H,11-14,17H2,1-3H3,(H,26,30). The molecule has 1 aliphatic rings. The quantitative estimate of drug-likeness (QED) is 0.812. The number of carbonyl (C=O) groups excluding carboxylic acids is 2. The van der Waals surface area contributed by atoms with Gasteiger partial charge < -0.3 is 9.64 Å². The van der Waals surface area contributed by atoms with Crippen molar-refractivity contribution in [3.63, 3.8) is 0 Å². The van der Waals surface area contributed by atoms with Gasteiger partial charge in [-0.1, -0.05) is 18.2 Å². The molecule has 1 fully saturated rings. The molecule has 7 nitrogen and oxygen atoms in total. The Kier molecular flexibility index (Phi) is 6.93. The Bertz CT molecular complexity index is 966. The fourth-order valence-electron chi connectivity index (χ4n) is 3.39. The van der Waals surface area contributed by atoms with Crippen LogP contribution < -0.4 is 5.32 Å². The van der Waals surface area contributed by atoms with Gasteiger partial charge in [-0.3, -0.25) is 15.0 Å². The van der Waals surface area contributed by atoms with Crippen LogP contribution in [0.4, 0.5) is 10.5 Å². The molecular formula is C24H28N4O3. The third-order valence-electron chi connectivity index (χ3n) is 4.90. The zero-order valence-corrected chi connectivity index (χ0v) is 18.2. The molecule has 2 amide bonds. The molecule has 0 aromatic heterocycles. The van der Waals surface area contributed by atoms with Crippen LogP contribution >= 0.6 is 0 Å². The van der Waals surface area contributed by atoms with E-state index in [4.69, 9.17) is 10.00 Å². The predicted octanol–water partition coefficient (Wildman–Crippen LogP) is 3.86. The molecule has 0 atom stereocenters. The molecule has 1 heterocycles. The van der Waals surface area contributed by atoms with Crippen LogP contribution in [-0.2, 0) is 11.3 Å². The normalized spacial score (nSPS) is 14.6. The van der Waals surface area contributed by atoms with E-state index in [0.29, 0.717) is 29.9 Å². The van der Waals surface area contributed by atoms with E-state index in [0.717, 1.165) is 25.2 Å². The lowest BCUT2D eigenvalue weighted by molar-refractivity contribution is 0.0620. The van der Waals surface area contributed by atoms with Gasteiger partial charge in [0.05, 0.1) is 11.6 Å². The molecule has 0 bridgehead atoms. The van der Waals surface area contributed by atoms with Gasteiger partial charge in [-0.15, -0.1) is 0 Å². The molecule has 1 N–H and O–H groups in total. The molecule has 1 aliphatic heterocycles. The number of hydrogen-bond donors (Lipinski definition) is 1. The van der Waals surface area contributed by atoms with E-state index in [-0.39, 0.29) is 5.91 Å². The summed E-state index contributed by atoms with van der Waals surface area (Å²) < 4.78 is 5.27. The second-order valence-corrected chi connectivity index (χ2v) is 8.58. The Labute approximate surface area is 183 Å². The number of rotatable bonds is 4. The molecular weight excluding hydrogens is 392 g/mol. The van der Waals surface area contributed by atoms with Crippen molar-refractivity contribution in [1.82, 2.24) is 9.80 Å². The Morgan fingerprint density at radius 2 is 1.74 bits per heavy atom. The summed E-state index contributed by atoms with van der Waals surface area (Å²) in [5.41, 5.74) is 2.28. The second kappa shape index (κ2) is 9.63. The number of benzene rings is 2. The van der Waals surface area contributed by atoms with E-state index >= 15 is 0 Å². The Morgan fingerprint density at radius 3 is 2.35 bits per heavy atom. The first-order chi connectivity index (χ1) is 14.7. The van der Waals surface area contributed by atoms with Crippen molar-refractivity contribution in [3.8, 4) is 6.07 Å². The summed E-state index contributed by atoms with van der Waals surface area (Å²) in [5, 5.41) is 11.6. The highest BCUT2D eigenvalue weighted by molar-refractivity contribution is 5.96. The number of nitriles is 1. The number of nitrogens with zero attached hydrogens (tertiary/aromatic N) is 3. The maximum Gasteiger partial charge on any atom is 0.412 e. The SMILES string of the molecule is CC(C)(C)OC(=O)Nc1cccc(C(=O)N2CCN(Cc3ccc(C#N)cc3)CC2)c1. The lowest BCUT2D eigenvalue weighted by Gasteiger charge is -2.34. The van der Waals surface area contributed by atoms with Crippen LogP contribution in [0.3, 0.4) is 0 Å². The van der Waals surface area contributed by atoms with E-state index in [1.165, 1.54) is 0 Å². The molecule has 162 valence electrons. The van der Waals surface area contributed by atoms with Crippen molar-refractivity contribution < 1.29 is 14.3 Å². The van der Waals surface area contributed by atoms with Crippen LogP contribution in [0.5, 0.6) is 0 Å². The maximum atomic E-state index is 12.9. The number of hydrogen-bond acceptors (Lipinski definition) is 5. The molecule has 1 saturated heterocycles. The number of amides is 2.